The number of hydrogen-bond donors (Lipinski definition) is 2. The average molecular weight is 270 g/mol. The first-order valence-electron chi connectivity index (χ1n) is 6.81. The van der Waals surface area contributed by atoms with Crippen molar-refractivity contribution in [1.29, 1.82) is 0 Å². The number of nitrogen functional groups attached to an aromatic ring is 1. The van der Waals surface area contributed by atoms with E-state index in [0.29, 0.717) is 11.3 Å². The summed E-state index contributed by atoms with van der Waals surface area (Å²) in [5.41, 5.74) is 9.59. The minimum absolute atomic E-state index is 0.0627. The number of furan rings is 1. The molecule has 1 aliphatic carbocycles. The Morgan fingerprint density at radius 3 is 2.85 bits per heavy atom. The molecule has 3 N–H and O–H groups in total. The molecule has 1 heterocycles. The highest BCUT2D eigenvalue weighted by atomic mass is 16.3. The molecule has 1 aromatic carbocycles. The second-order valence-electron chi connectivity index (χ2n) is 5.35. The van der Waals surface area contributed by atoms with E-state index >= 15 is 0 Å². The highest BCUT2D eigenvalue weighted by Gasteiger charge is 2.25. The van der Waals surface area contributed by atoms with E-state index in [1.54, 1.807) is 6.07 Å². The van der Waals surface area contributed by atoms with Crippen molar-refractivity contribution in [3.05, 3.63) is 52.5 Å². The van der Waals surface area contributed by atoms with Crippen LogP contribution in [0.4, 0.5) is 5.69 Å². The van der Waals surface area contributed by atoms with Crippen molar-refractivity contribution in [3.63, 3.8) is 0 Å². The first kappa shape index (κ1) is 12.8. The predicted molar refractivity (Wildman–Crippen MR) is 77.6 cm³/mol. The summed E-state index contributed by atoms with van der Waals surface area (Å²) < 4.78 is 5.41. The lowest BCUT2D eigenvalue weighted by Crippen LogP contribution is -2.27. The number of carbonyl (C=O) groups excluding carboxylic acids is 1. The van der Waals surface area contributed by atoms with Crippen LogP contribution in [-0.2, 0) is 6.42 Å². The lowest BCUT2D eigenvalue weighted by molar-refractivity contribution is 0.0935. The van der Waals surface area contributed by atoms with E-state index in [4.69, 9.17) is 10.2 Å². The quantitative estimate of drug-likeness (QED) is 0.824. The van der Waals surface area contributed by atoms with Gasteiger partial charge in [0.15, 0.2) is 0 Å². The maximum atomic E-state index is 12.3. The molecular weight excluding hydrogens is 252 g/mol. The predicted octanol–water partition coefficient (Wildman–Crippen LogP) is 2.90. The van der Waals surface area contributed by atoms with Gasteiger partial charge in [-0.05, 0) is 56.0 Å². The summed E-state index contributed by atoms with van der Waals surface area (Å²) in [7, 11) is 0. The molecule has 20 heavy (non-hydrogen) atoms. The molecule has 4 heteroatoms. The van der Waals surface area contributed by atoms with Gasteiger partial charge >= 0.3 is 0 Å². The SMILES string of the molecule is Cc1cc(C(=O)NC2CCc3cc(N)ccc32)c(C)o1. The van der Waals surface area contributed by atoms with Crippen molar-refractivity contribution in [1.82, 2.24) is 5.32 Å². The van der Waals surface area contributed by atoms with Crippen LogP contribution in [0.3, 0.4) is 0 Å². The highest BCUT2D eigenvalue weighted by Crippen LogP contribution is 2.32. The van der Waals surface area contributed by atoms with Crippen molar-refractivity contribution >= 4 is 11.6 Å². The number of aryl methyl sites for hydroxylation is 3. The molecule has 1 amide bonds. The second kappa shape index (κ2) is 4.71. The first-order valence-corrected chi connectivity index (χ1v) is 6.81. The summed E-state index contributed by atoms with van der Waals surface area (Å²) in [5, 5.41) is 3.09. The molecule has 3 rings (SSSR count). The van der Waals surface area contributed by atoms with Crippen molar-refractivity contribution < 1.29 is 9.21 Å². The fourth-order valence-corrected chi connectivity index (χ4v) is 2.88. The molecule has 104 valence electrons. The monoisotopic (exact) mass is 270 g/mol. The topological polar surface area (TPSA) is 68.3 Å². The van der Waals surface area contributed by atoms with Gasteiger partial charge in [0, 0.05) is 5.69 Å². The van der Waals surface area contributed by atoms with E-state index in [-0.39, 0.29) is 11.9 Å². The second-order valence-corrected chi connectivity index (χ2v) is 5.35. The van der Waals surface area contributed by atoms with Crippen LogP contribution < -0.4 is 11.1 Å². The van der Waals surface area contributed by atoms with E-state index < -0.39 is 0 Å². The molecule has 0 radical (unpaired) electrons. The van der Waals surface area contributed by atoms with Crippen LogP contribution >= 0.6 is 0 Å². The van der Waals surface area contributed by atoms with Crippen LogP contribution in [0.25, 0.3) is 0 Å². The maximum Gasteiger partial charge on any atom is 0.255 e. The summed E-state index contributed by atoms with van der Waals surface area (Å²) in [6.07, 6.45) is 1.87. The van der Waals surface area contributed by atoms with Crippen molar-refractivity contribution in [2.75, 3.05) is 5.73 Å². The van der Waals surface area contributed by atoms with Gasteiger partial charge in [-0.15, -0.1) is 0 Å². The zero-order chi connectivity index (χ0) is 14.3. The van der Waals surface area contributed by atoms with Crippen LogP contribution in [-0.4, -0.2) is 5.91 Å². The Morgan fingerprint density at radius 2 is 2.15 bits per heavy atom. The van der Waals surface area contributed by atoms with Gasteiger partial charge in [-0.2, -0.15) is 0 Å². The van der Waals surface area contributed by atoms with E-state index in [2.05, 4.69) is 5.32 Å². The fraction of sp³-hybridized carbons (Fsp3) is 0.312. The zero-order valence-corrected chi connectivity index (χ0v) is 11.7. The number of amides is 1. The van der Waals surface area contributed by atoms with Crippen LogP contribution in [0.1, 0.15) is 45.5 Å². The van der Waals surface area contributed by atoms with E-state index in [0.717, 1.165) is 24.3 Å². The van der Waals surface area contributed by atoms with Crippen LogP contribution in [0.5, 0.6) is 0 Å². The minimum Gasteiger partial charge on any atom is -0.466 e. The molecule has 0 saturated heterocycles. The van der Waals surface area contributed by atoms with Crippen LogP contribution in [0, 0.1) is 13.8 Å². The van der Waals surface area contributed by atoms with Gasteiger partial charge in [0.1, 0.15) is 11.5 Å². The Labute approximate surface area is 118 Å². The summed E-state index contributed by atoms with van der Waals surface area (Å²) in [5.74, 6) is 1.34. The molecule has 1 unspecified atom stereocenters. The number of hydrogen-bond acceptors (Lipinski definition) is 3. The van der Waals surface area contributed by atoms with Crippen molar-refractivity contribution in [3.8, 4) is 0 Å². The van der Waals surface area contributed by atoms with Crippen LogP contribution in [0.2, 0.25) is 0 Å². The Bertz CT molecular complexity index is 673. The molecule has 4 nitrogen and oxygen atoms in total. The standard InChI is InChI=1S/C16H18N2O2/c1-9-7-14(10(2)20-9)16(19)18-15-6-3-11-8-12(17)4-5-13(11)15/h4-5,7-8,15H,3,6,17H2,1-2H3,(H,18,19). The summed E-state index contributed by atoms with van der Waals surface area (Å²) >= 11 is 0. The van der Waals surface area contributed by atoms with E-state index in [1.807, 2.05) is 32.0 Å². The Kier molecular flexibility index (Phi) is 3.01. The molecule has 0 spiro atoms. The normalized spacial score (nSPS) is 17.0. The Balaban J connectivity index is 1.80. The number of fused-ring (bicyclic) bond motifs is 1. The van der Waals surface area contributed by atoms with Gasteiger partial charge in [-0.1, -0.05) is 6.07 Å². The molecule has 0 bridgehead atoms. The lowest BCUT2D eigenvalue weighted by atomic mass is 10.1. The van der Waals surface area contributed by atoms with Crippen molar-refractivity contribution in [2.45, 2.75) is 32.7 Å². The number of nitrogens with two attached hydrogens (primary N) is 1. The molecule has 1 aromatic heterocycles. The molecule has 0 fully saturated rings. The molecule has 0 aliphatic heterocycles. The number of carbonyl (C=O) groups is 1. The smallest absolute Gasteiger partial charge is 0.255 e. The first-order chi connectivity index (χ1) is 9.54. The van der Waals surface area contributed by atoms with Gasteiger partial charge < -0.3 is 15.5 Å². The van der Waals surface area contributed by atoms with Crippen molar-refractivity contribution in [2.24, 2.45) is 0 Å². The van der Waals surface area contributed by atoms with E-state index in [1.165, 1.54) is 11.1 Å². The number of rotatable bonds is 2. The Morgan fingerprint density at radius 1 is 1.35 bits per heavy atom. The third kappa shape index (κ3) is 2.18. The summed E-state index contributed by atoms with van der Waals surface area (Å²) in [4.78, 5) is 12.3. The average Bonchev–Trinajstić information content (AvgIpc) is 2.93. The van der Waals surface area contributed by atoms with Gasteiger partial charge in [0.25, 0.3) is 5.91 Å². The Hall–Kier alpha value is -2.23. The van der Waals surface area contributed by atoms with Gasteiger partial charge in [-0.25, -0.2) is 0 Å². The summed E-state index contributed by atoms with van der Waals surface area (Å²) in [6, 6.07) is 7.73. The molecule has 1 aliphatic rings. The van der Waals surface area contributed by atoms with Crippen LogP contribution in [0.15, 0.2) is 28.7 Å². The zero-order valence-electron chi connectivity index (χ0n) is 11.7. The van der Waals surface area contributed by atoms with Gasteiger partial charge in [0.2, 0.25) is 0 Å². The fourth-order valence-electron chi connectivity index (χ4n) is 2.88. The molecular formula is C16H18N2O2. The molecule has 2 aromatic rings. The van der Waals surface area contributed by atoms with Gasteiger partial charge in [0.05, 0.1) is 11.6 Å². The number of benzene rings is 1. The number of nitrogens with one attached hydrogen (secondary N) is 1. The third-order valence-corrected chi connectivity index (χ3v) is 3.84. The largest absolute Gasteiger partial charge is 0.466 e. The maximum absolute atomic E-state index is 12.3. The third-order valence-electron chi connectivity index (χ3n) is 3.84. The lowest BCUT2D eigenvalue weighted by Gasteiger charge is -2.14. The molecule has 1 atom stereocenters. The minimum atomic E-state index is -0.0750. The summed E-state index contributed by atoms with van der Waals surface area (Å²) in [6.45, 7) is 3.66. The highest BCUT2D eigenvalue weighted by molar-refractivity contribution is 5.95. The van der Waals surface area contributed by atoms with E-state index in [9.17, 15) is 4.79 Å². The molecule has 0 saturated carbocycles. The van der Waals surface area contributed by atoms with Gasteiger partial charge in [-0.3, -0.25) is 4.79 Å². The number of anilines is 1.